The summed E-state index contributed by atoms with van der Waals surface area (Å²) in [4.78, 5) is 8.02. The number of fused-ring (bicyclic) bond motifs is 1. The monoisotopic (exact) mass is 500 g/mol. The zero-order valence-electron chi connectivity index (χ0n) is 15.9. The second-order valence-corrected chi connectivity index (χ2v) is 9.18. The number of H-pyrrole nitrogens is 1. The first-order valence-electron chi connectivity index (χ1n) is 8.74. The molecular weight excluding hydrogens is 491 g/mol. The summed E-state index contributed by atoms with van der Waals surface area (Å²) >= 11 is 0.674. The Labute approximate surface area is 186 Å². The maximum atomic E-state index is 13.6. The number of thiophene rings is 1. The maximum absolute atomic E-state index is 13.6. The van der Waals surface area contributed by atoms with Crippen LogP contribution in [0.5, 0.6) is 0 Å². The number of aromatic amines is 1. The summed E-state index contributed by atoms with van der Waals surface area (Å²) in [5.41, 5.74) is -2.42. The molecule has 0 atom stereocenters. The summed E-state index contributed by atoms with van der Waals surface area (Å²) in [6, 6.07) is 6.38. The van der Waals surface area contributed by atoms with E-state index in [0.717, 1.165) is 24.3 Å². The number of aromatic nitrogens is 4. The summed E-state index contributed by atoms with van der Waals surface area (Å²) in [6.45, 7) is 0. The highest BCUT2D eigenvalue weighted by Gasteiger charge is 2.31. The molecule has 0 saturated heterocycles. The zero-order chi connectivity index (χ0) is 24.0. The fourth-order valence-electron chi connectivity index (χ4n) is 2.77. The fraction of sp³-hybridized carbons (Fsp3) is 0.105. The quantitative estimate of drug-likeness (QED) is 0.240. The van der Waals surface area contributed by atoms with E-state index in [4.69, 9.17) is 4.55 Å². The number of hydrogen-bond donors (Lipinski definition) is 2. The Morgan fingerprint density at radius 2 is 1.82 bits per heavy atom. The van der Waals surface area contributed by atoms with Crippen molar-refractivity contribution in [2.45, 2.75) is 16.8 Å². The van der Waals surface area contributed by atoms with E-state index in [1.807, 2.05) is 0 Å². The van der Waals surface area contributed by atoms with Crippen LogP contribution >= 0.6 is 11.3 Å². The number of rotatable bonds is 3. The topological polar surface area (TPSA) is 109 Å². The van der Waals surface area contributed by atoms with Crippen LogP contribution < -0.4 is 0 Å². The number of halogens is 5. The molecule has 33 heavy (non-hydrogen) atoms. The minimum atomic E-state index is -4.65. The van der Waals surface area contributed by atoms with Gasteiger partial charge in [-0.25, -0.2) is 18.7 Å². The van der Waals surface area contributed by atoms with Crippen molar-refractivity contribution in [3.63, 3.8) is 0 Å². The minimum absolute atomic E-state index is 0.0377. The first kappa shape index (κ1) is 22.8. The van der Waals surface area contributed by atoms with E-state index in [0.29, 0.717) is 11.3 Å². The first-order valence-corrected chi connectivity index (χ1v) is 11.0. The van der Waals surface area contributed by atoms with Crippen LogP contribution in [-0.2, 0) is 16.3 Å². The predicted molar refractivity (Wildman–Crippen MR) is 107 cm³/mol. The van der Waals surface area contributed by atoms with Gasteiger partial charge in [0.15, 0.2) is 5.82 Å². The molecule has 0 amide bonds. The van der Waals surface area contributed by atoms with Gasteiger partial charge in [0, 0.05) is 5.56 Å². The third-order valence-corrected chi connectivity index (χ3v) is 6.55. The Kier molecular flexibility index (Phi) is 5.64. The standard InChI is InChI=1S/C19H9F5N4O3S2/c20-17(21)16-15-14(25-18(26-16)9-2-1-3-10(8-9)19(22,23)24)12(27-28-15)6-4-11-5-7-13(32-11)33(29,30)31/h1-3,5,7-8,17H,(H,27,28)(H,29,30,31). The highest BCUT2D eigenvalue weighted by molar-refractivity contribution is 7.88. The predicted octanol–water partition coefficient (Wildman–Crippen LogP) is 4.68. The molecule has 0 fully saturated rings. The van der Waals surface area contributed by atoms with Crippen LogP contribution in [0.4, 0.5) is 22.0 Å². The fourth-order valence-corrected chi connectivity index (χ4v) is 4.30. The number of nitrogens with zero attached hydrogens (tertiary/aromatic N) is 3. The van der Waals surface area contributed by atoms with E-state index >= 15 is 0 Å². The molecule has 2 N–H and O–H groups in total. The molecule has 3 aromatic heterocycles. The molecule has 0 spiro atoms. The van der Waals surface area contributed by atoms with Gasteiger partial charge in [-0.05, 0) is 36.1 Å². The number of alkyl halides is 5. The van der Waals surface area contributed by atoms with Crippen LogP contribution in [-0.4, -0.2) is 33.1 Å². The van der Waals surface area contributed by atoms with Crippen molar-refractivity contribution in [1.29, 1.82) is 0 Å². The van der Waals surface area contributed by atoms with Crippen molar-refractivity contribution in [2.75, 3.05) is 0 Å². The molecule has 3 heterocycles. The lowest BCUT2D eigenvalue weighted by molar-refractivity contribution is -0.137. The van der Waals surface area contributed by atoms with E-state index in [9.17, 15) is 30.4 Å². The highest BCUT2D eigenvalue weighted by Crippen LogP contribution is 2.33. The molecular formula is C19H9F5N4O3S2. The van der Waals surface area contributed by atoms with Gasteiger partial charge in [-0.2, -0.15) is 26.7 Å². The molecule has 0 radical (unpaired) electrons. The minimum Gasteiger partial charge on any atom is -0.281 e. The first-order chi connectivity index (χ1) is 15.4. The van der Waals surface area contributed by atoms with Gasteiger partial charge in [0.1, 0.15) is 26.6 Å². The number of nitrogens with one attached hydrogen (secondary N) is 1. The summed E-state index contributed by atoms with van der Waals surface area (Å²) in [7, 11) is -4.41. The number of hydrogen-bond acceptors (Lipinski definition) is 6. The molecule has 4 rings (SSSR count). The van der Waals surface area contributed by atoms with E-state index in [2.05, 4.69) is 32.0 Å². The van der Waals surface area contributed by atoms with Gasteiger partial charge in [0.05, 0.1) is 10.4 Å². The van der Waals surface area contributed by atoms with Gasteiger partial charge < -0.3 is 0 Å². The van der Waals surface area contributed by atoms with Crippen molar-refractivity contribution in [3.8, 4) is 23.2 Å². The van der Waals surface area contributed by atoms with E-state index in [1.54, 1.807) is 0 Å². The van der Waals surface area contributed by atoms with E-state index in [-0.39, 0.29) is 37.2 Å². The average molecular weight is 500 g/mol. The molecule has 0 aliphatic heterocycles. The third kappa shape index (κ3) is 4.70. The van der Waals surface area contributed by atoms with Crippen molar-refractivity contribution in [3.05, 3.63) is 58.2 Å². The summed E-state index contributed by atoms with van der Waals surface area (Å²) in [5, 5.41) is 6.17. The second kappa shape index (κ2) is 8.18. The second-order valence-electron chi connectivity index (χ2n) is 6.45. The van der Waals surface area contributed by atoms with Crippen LogP contribution in [0, 0.1) is 11.8 Å². The van der Waals surface area contributed by atoms with Crippen LogP contribution in [0.25, 0.3) is 22.4 Å². The van der Waals surface area contributed by atoms with E-state index < -0.39 is 34.0 Å². The summed E-state index contributed by atoms with van der Waals surface area (Å²) < 4.78 is 97.4. The highest BCUT2D eigenvalue weighted by atomic mass is 32.3. The van der Waals surface area contributed by atoms with Crippen LogP contribution in [0.2, 0.25) is 0 Å². The molecule has 0 bridgehead atoms. The van der Waals surface area contributed by atoms with E-state index in [1.165, 1.54) is 12.1 Å². The SMILES string of the molecule is O=S(=O)(O)c1ccc(C#Cc2[nH]nc3c(C(F)F)nc(-c4cccc(C(F)(F)F)c4)nc23)s1. The van der Waals surface area contributed by atoms with Crippen LogP contribution in [0.1, 0.15) is 28.3 Å². The normalized spacial score (nSPS) is 12.2. The van der Waals surface area contributed by atoms with Gasteiger partial charge in [-0.1, -0.05) is 12.1 Å². The van der Waals surface area contributed by atoms with Gasteiger partial charge in [0.2, 0.25) is 0 Å². The van der Waals surface area contributed by atoms with Crippen LogP contribution in [0.3, 0.4) is 0 Å². The molecule has 0 saturated carbocycles. The molecule has 0 unspecified atom stereocenters. The van der Waals surface area contributed by atoms with Gasteiger partial charge in [-0.3, -0.25) is 9.65 Å². The largest absolute Gasteiger partial charge is 0.416 e. The molecule has 0 aliphatic rings. The Hall–Kier alpha value is -3.41. The Bertz CT molecular complexity index is 1530. The average Bonchev–Trinajstić information content (AvgIpc) is 3.38. The smallest absolute Gasteiger partial charge is 0.281 e. The maximum Gasteiger partial charge on any atom is 0.416 e. The molecule has 1 aromatic carbocycles. The van der Waals surface area contributed by atoms with Crippen molar-refractivity contribution < 1.29 is 34.9 Å². The van der Waals surface area contributed by atoms with Crippen molar-refractivity contribution >= 4 is 32.5 Å². The lowest BCUT2D eigenvalue weighted by atomic mass is 10.1. The summed E-state index contributed by atoms with van der Waals surface area (Å²) in [5.74, 6) is 4.80. The van der Waals surface area contributed by atoms with Crippen molar-refractivity contribution in [2.24, 2.45) is 0 Å². The van der Waals surface area contributed by atoms with Crippen LogP contribution in [0.15, 0.2) is 40.6 Å². The lowest BCUT2D eigenvalue weighted by Crippen LogP contribution is -2.05. The van der Waals surface area contributed by atoms with Crippen molar-refractivity contribution in [1.82, 2.24) is 20.2 Å². The third-order valence-electron chi connectivity index (χ3n) is 4.23. The molecule has 170 valence electrons. The Morgan fingerprint density at radius 3 is 2.45 bits per heavy atom. The molecule has 4 aromatic rings. The molecule has 7 nitrogen and oxygen atoms in total. The molecule has 14 heteroatoms. The Morgan fingerprint density at radius 1 is 1.06 bits per heavy atom. The summed E-state index contributed by atoms with van der Waals surface area (Å²) in [6.07, 6.45) is -7.75. The van der Waals surface area contributed by atoms with Gasteiger partial charge in [-0.15, -0.1) is 11.3 Å². The van der Waals surface area contributed by atoms with Gasteiger partial charge >= 0.3 is 16.3 Å². The molecule has 0 aliphatic carbocycles. The lowest BCUT2D eigenvalue weighted by Gasteiger charge is -2.09. The zero-order valence-corrected chi connectivity index (χ0v) is 17.5. The van der Waals surface area contributed by atoms with Gasteiger partial charge in [0.25, 0.3) is 6.43 Å². The number of benzene rings is 1. The Balaban J connectivity index is 1.83.